The van der Waals surface area contributed by atoms with Crippen LogP contribution in [-0.2, 0) is 14.4 Å². The van der Waals surface area contributed by atoms with Gasteiger partial charge in [-0.2, -0.15) is 0 Å². The summed E-state index contributed by atoms with van der Waals surface area (Å²) in [6.07, 6.45) is 4.84. The number of nitrogens with zero attached hydrogens (tertiary/aromatic N) is 1. The molecule has 124 valence electrons. The minimum Gasteiger partial charge on any atom is -0.322 e. The first-order chi connectivity index (χ1) is 11.5. The van der Waals surface area contributed by atoms with E-state index in [-0.39, 0.29) is 47.7 Å². The number of anilines is 1. The van der Waals surface area contributed by atoms with E-state index in [1.165, 1.54) is 12.1 Å². The molecule has 24 heavy (non-hydrogen) atoms. The van der Waals surface area contributed by atoms with Crippen LogP contribution in [0.4, 0.5) is 10.1 Å². The third kappa shape index (κ3) is 2.30. The Balaban J connectivity index is 1.47. The summed E-state index contributed by atoms with van der Waals surface area (Å²) >= 11 is 3.14. The molecule has 2 fully saturated rings. The zero-order valence-electron chi connectivity index (χ0n) is 12.5. The number of nitrogens with one attached hydrogen (secondary N) is 1. The average Bonchev–Trinajstić information content (AvgIpc) is 3.20. The Hall–Kier alpha value is -2.02. The van der Waals surface area contributed by atoms with E-state index < -0.39 is 11.7 Å². The molecule has 1 aromatic rings. The first kappa shape index (κ1) is 15.5. The van der Waals surface area contributed by atoms with Crippen LogP contribution in [-0.4, -0.2) is 29.2 Å². The number of halogens is 2. The molecule has 1 heterocycles. The summed E-state index contributed by atoms with van der Waals surface area (Å²) in [5.41, 5.74) is 0.0178. The normalized spacial score (nSPS) is 30.2. The summed E-state index contributed by atoms with van der Waals surface area (Å²) in [6, 6.07) is 4.25. The number of carbonyl (C=O) groups excluding carboxylic acids is 3. The van der Waals surface area contributed by atoms with Crippen LogP contribution in [0.15, 0.2) is 34.8 Å². The Labute approximate surface area is 146 Å². The van der Waals surface area contributed by atoms with Gasteiger partial charge in [-0.05, 0) is 36.5 Å². The van der Waals surface area contributed by atoms with Gasteiger partial charge in [0.05, 0.1) is 17.5 Å². The lowest BCUT2D eigenvalue weighted by Crippen LogP contribution is -2.39. The predicted molar refractivity (Wildman–Crippen MR) is 87.2 cm³/mol. The molecule has 4 unspecified atom stereocenters. The number of carbonyl (C=O) groups is 3. The second-order valence-corrected chi connectivity index (χ2v) is 7.35. The summed E-state index contributed by atoms with van der Waals surface area (Å²) in [6.45, 7) is -0.375. The van der Waals surface area contributed by atoms with E-state index in [9.17, 15) is 18.8 Å². The molecule has 0 aromatic heterocycles. The number of benzene rings is 1. The number of likely N-dealkylation sites (tertiary alicyclic amines) is 1. The number of allylic oxidation sites excluding steroid dienone is 2. The molecule has 1 aromatic carbocycles. The summed E-state index contributed by atoms with van der Waals surface area (Å²) < 4.78 is 14.3. The highest BCUT2D eigenvalue weighted by Crippen LogP contribution is 2.52. The number of hydrogen-bond donors (Lipinski definition) is 1. The molecule has 4 atom stereocenters. The van der Waals surface area contributed by atoms with Crippen molar-refractivity contribution >= 4 is 39.3 Å². The Morgan fingerprint density at radius 1 is 1.21 bits per heavy atom. The van der Waals surface area contributed by atoms with Crippen molar-refractivity contribution in [2.45, 2.75) is 6.42 Å². The van der Waals surface area contributed by atoms with Crippen LogP contribution in [0, 0.1) is 29.5 Å². The molecule has 3 amide bonds. The first-order valence-electron chi connectivity index (χ1n) is 7.74. The SMILES string of the molecule is O=C(CN1C(=O)C2C3C=CC(C3)C2C1=O)Nc1ccc(Br)cc1F. The van der Waals surface area contributed by atoms with E-state index in [1.54, 1.807) is 6.07 Å². The smallest absolute Gasteiger partial charge is 0.244 e. The van der Waals surface area contributed by atoms with Crippen molar-refractivity contribution in [2.24, 2.45) is 23.7 Å². The monoisotopic (exact) mass is 392 g/mol. The van der Waals surface area contributed by atoms with E-state index >= 15 is 0 Å². The minimum atomic E-state index is -0.587. The fraction of sp³-hybridized carbons (Fsp3) is 0.353. The maximum Gasteiger partial charge on any atom is 0.244 e. The third-order valence-corrected chi connectivity index (χ3v) is 5.56. The summed E-state index contributed by atoms with van der Waals surface area (Å²) in [5, 5.41) is 2.41. The van der Waals surface area contributed by atoms with Gasteiger partial charge in [0, 0.05) is 4.47 Å². The summed E-state index contributed by atoms with van der Waals surface area (Å²) in [7, 11) is 0. The van der Waals surface area contributed by atoms with Crippen molar-refractivity contribution in [3.8, 4) is 0 Å². The predicted octanol–water partition coefficient (Wildman–Crippen LogP) is 2.33. The van der Waals surface area contributed by atoms with Gasteiger partial charge in [-0.25, -0.2) is 4.39 Å². The molecule has 7 heteroatoms. The van der Waals surface area contributed by atoms with Gasteiger partial charge in [0.15, 0.2) is 0 Å². The molecular formula is C17H14BrFN2O3. The molecule has 4 rings (SSSR count). The maximum absolute atomic E-state index is 13.8. The fourth-order valence-electron chi connectivity index (χ4n) is 4.04. The van der Waals surface area contributed by atoms with Crippen LogP contribution < -0.4 is 5.32 Å². The van der Waals surface area contributed by atoms with Crippen molar-refractivity contribution in [1.29, 1.82) is 0 Å². The third-order valence-electron chi connectivity index (χ3n) is 5.07. The molecule has 0 spiro atoms. The van der Waals surface area contributed by atoms with Gasteiger partial charge in [0.2, 0.25) is 17.7 Å². The maximum atomic E-state index is 13.8. The molecule has 0 radical (unpaired) electrons. The summed E-state index contributed by atoms with van der Waals surface area (Å²) in [4.78, 5) is 38.2. The molecule has 2 aliphatic carbocycles. The Kier molecular flexibility index (Phi) is 3.56. The molecule has 3 aliphatic rings. The van der Waals surface area contributed by atoms with E-state index in [2.05, 4.69) is 21.2 Å². The first-order valence-corrected chi connectivity index (χ1v) is 8.53. The number of amides is 3. The molecular weight excluding hydrogens is 379 g/mol. The Bertz CT molecular complexity index is 764. The standard InChI is InChI=1S/C17H14BrFN2O3/c18-10-3-4-12(11(19)6-10)20-13(22)7-21-16(23)14-8-1-2-9(5-8)15(14)17(21)24/h1-4,6,8-9,14-15H,5,7H2,(H,20,22). The van der Waals surface area contributed by atoms with Gasteiger partial charge >= 0.3 is 0 Å². The van der Waals surface area contributed by atoms with Crippen LogP contribution in [0.3, 0.4) is 0 Å². The van der Waals surface area contributed by atoms with Crippen molar-refractivity contribution in [3.05, 3.63) is 40.6 Å². The highest BCUT2D eigenvalue weighted by molar-refractivity contribution is 9.10. The van der Waals surface area contributed by atoms with Gasteiger partial charge in [0.25, 0.3) is 0 Å². The Morgan fingerprint density at radius 3 is 2.42 bits per heavy atom. The van der Waals surface area contributed by atoms with Crippen LogP contribution in [0.5, 0.6) is 0 Å². The second kappa shape index (κ2) is 5.51. The second-order valence-electron chi connectivity index (χ2n) is 6.43. The van der Waals surface area contributed by atoms with E-state index in [4.69, 9.17) is 0 Å². The van der Waals surface area contributed by atoms with Crippen molar-refractivity contribution in [2.75, 3.05) is 11.9 Å². The molecule has 5 nitrogen and oxygen atoms in total. The van der Waals surface area contributed by atoms with Crippen LogP contribution in [0.1, 0.15) is 6.42 Å². The molecule has 1 saturated carbocycles. The van der Waals surface area contributed by atoms with Gasteiger partial charge in [0.1, 0.15) is 12.4 Å². The van der Waals surface area contributed by atoms with E-state index in [0.717, 1.165) is 11.3 Å². The number of imide groups is 1. The average molecular weight is 393 g/mol. The summed E-state index contributed by atoms with van der Waals surface area (Å²) in [5.74, 6) is -2.19. The van der Waals surface area contributed by atoms with Crippen molar-refractivity contribution in [3.63, 3.8) is 0 Å². The molecule has 1 saturated heterocycles. The lowest BCUT2D eigenvalue weighted by Gasteiger charge is -2.17. The number of hydrogen-bond acceptors (Lipinski definition) is 3. The van der Waals surface area contributed by atoms with Gasteiger partial charge in [-0.15, -0.1) is 0 Å². The van der Waals surface area contributed by atoms with Crippen LogP contribution in [0.25, 0.3) is 0 Å². The quantitative estimate of drug-likeness (QED) is 0.633. The highest BCUT2D eigenvalue weighted by atomic mass is 79.9. The lowest BCUT2D eigenvalue weighted by molar-refractivity contribution is -0.143. The minimum absolute atomic E-state index is 0.0178. The zero-order valence-corrected chi connectivity index (χ0v) is 14.1. The molecule has 1 N–H and O–H groups in total. The van der Waals surface area contributed by atoms with Crippen molar-refractivity contribution < 1.29 is 18.8 Å². The highest BCUT2D eigenvalue weighted by Gasteiger charge is 2.59. The van der Waals surface area contributed by atoms with Crippen LogP contribution >= 0.6 is 15.9 Å². The van der Waals surface area contributed by atoms with Gasteiger partial charge in [-0.1, -0.05) is 28.1 Å². The van der Waals surface area contributed by atoms with E-state index in [1.807, 2.05) is 12.2 Å². The zero-order chi connectivity index (χ0) is 17.0. The molecule has 2 bridgehead atoms. The van der Waals surface area contributed by atoms with Gasteiger partial charge < -0.3 is 5.32 Å². The number of rotatable bonds is 3. The van der Waals surface area contributed by atoms with Crippen molar-refractivity contribution in [1.82, 2.24) is 4.90 Å². The largest absolute Gasteiger partial charge is 0.322 e. The topological polar surface area (TPSA) is 66.5 Å². The Morgan fingerprint density at radius 2 is 1.83 bits per heavy atom. The van der Waals surface area contributed by atoms with E-state index in [0.29, 0.717) is 4.47 Å². The lowest BCUT2D eigenvalue weighted by atomic mass is 9.85. The molecule has 1 aliphatic heterocycles. The fourth-order valence-corrected chi connectivity index (χ4v) is 4.38. The van der Waals surface area contributed by atoms with Gasteiger partial charge in [-0.3, -0.25) is 19.3 Å². The van der Waals surface area contributed by atoms with Crippen LogP contribution in [0.2, 0.25) is 0 Å². The number of fused-ring (bicyclic) bond motifs is 5.